The van der Waals surface area contributed by atoms with Crippen molar-refractivity contribution in [2.45, 2.75) is 0 Å². The molecule has 0 aromatic rings. The van der Waals surface area contributed by atoms with Crippen LogP contribution < -0.4 is 5.32 Å². The van der Waals surface area contributed by atoms with E-state index in [1.54, 1.807) is 0 Å². The van der Waals surface area contributed by atoms with Crippen molar-refractivity contribution in [3.63, 3.8) is 0 Å². The summed E-state index contributed by atoms with van der Waals surface area (Å²) in [4.78, 5) is 26.5. The third kappa shape index (κ3) is 5.15. The molecule has 0 atom stereocenters. The van der Waals surface area contributed by atoms with E-state index in [9.17, 15) is 9.59 Å². The Bertz CT molecular complexity index is 217. The average Bonchev–Trinajstić information content (AvgIpc) is 2.21. The Kier molecular flexibility index (Phi) is 6.13. The maximum atomic E-state index is 11.1. The Morgan fingerprint density at radius 3 is 2.71 bits per heavy atom. The minimum Gasteiger partial charge on any atom is -0.445 e. The second kappa shape index (κ2) is 6.90. The first-order valence-corrected chi connectivity index (χ1v) is 3.94. The van der Waals surface area contributed by atoms with E-state index in [-0.39, 0.29) is 19.1 Å². The van der Waals surface area contributed by atoms with Crippen LogP contribution in [0.4, 0.5) is 4.79 Å². The smallest absolute Gasteiger partial charge is 0.407 e. The maximum absolute atomic E-state index is 11.1. The zero-order chi connectivity index (χ0) is 11.0. The van der Waals surface area contributed by atoms with Gasteiger partial charge in [-0.25, -0.2) is 9.86 Å². The van der Waals surface area contributed by atoms with Crippen molar-refractivity contribution in [3.05, 3.63) is 12.7 Å². The van der Waals surface area contributed by atoms with Crippen molar-refractivity contribution in [2.75, 3.05) is 27.3 Å². The summed E-state index contributed by atoms with van der Waals surface area (Å²) >= 11 is 0. The lowest BCUT2D eigenvalue weighted by atomic mass is 10.6. The zero-order valence-corrected chi connectivity index (χ0v) is 8.28. The van der Waals surface area contributed by atoms with Crippen molar-refractivity contribution < 1.29 is 19.2 Å². The molecule has 6 heteroatoms. The third-order valence-corrected chi connectivity index (χ3v) is 1.34. The number of likely N-dealkylation sites (N-methyl/N-ethyl adjacent to an activating group) is 1. The molecule has 2 amide bonds. The predicted octanol–water partition coefficient (Wildman–Crippen LogP) is -0.0816. The van der Waals surface area contributed by atoms with Crippen molar-refractivity contribution in [1.29, 1.82) is 0 Å². The minimum absolute atomic E-state index is 0.111. The van der Waals surface area contributed by atoms with Crippen LogP contribution in [0.15, 0.2) is 12.7 Å². The lowest BCUT2D eigenvalue weighted by Crippen LogP contribution is -2.37. The number of hydrogen-bond acceptors (Lipinski definition) is 4. The molecular weight excluding hydrogens is 188 g/mol. The molecule has 0 aliphatic rings. The number of nitrogens with one attached hydrogen (secondary N) is 1. The van der Waals surface area contributed by atoms with Crippen LogP contribution in [0.25, 0.3) is 0 Å². The quantitative estimate of drug-likeness (QED) is 0.500. The zero-order valence-electron chi connectivity index (χ0n) is 8.28. The molecule has 0 bridgehead atoms. The summed E-state index contributed by atoms with van der Waals surface area (Å²) in [5, 5.41) is 3.26. The summed E-state index contributed by atoms with van der Waals surface area (Å²) in [6.45, 7) is 3.31. The highest BCUT2D eigenvalue weighted by Gasteiger charge is 2.09. The second-order valence-corrected chi connectivity index (χ2v) is 2.31. The van der Waals surface area contributed by atoms with Crippen molar-refractivity contribution >= 4 is 12.0 Å². The number of carbonyl (C=O) groups excluding carboxylic acids is 2. The molecule has 0 spiro atoms. The molecule has 0 rings (SSSR count). The van der Waals surface area contributed by atoms with Crippen molar-refractivity contribution in [3.8, 4) is 0 Å². The molecular formula is C8H14N2O4. The van der Waals surface area contributed by atoms with E-state index in [0.717, 1.165) is 5.06 Å². The summed E-state index contributed by atoms with van der Waals surface area (Å²) in [7, 11) is 2.80. The van der Waals surface area contributed by atoms with Gasteiger partial charge in [0.25, 0.3) is 5.91 Å². The summed E-state index contributed by atoms with van der Waals surface area (Å²) in [6.07, 6.45) is 0.769. The summed E-state index contributed by atoms with van der Waals surface area (Å²) in [6, 6.07) is 0. The van der Waals surface area contributed by atoms with Crippen molar-refractivity contribution in [1.82, 2.24) is 10.4 Å². The maximum Gasteiger partial charge on any atom is 0.407 e. The number of carbonyl (C=O) groups is 2. The van der Waals surface area contributed by atoms with Crippen LogP contribution in [0, 0.1) is 0 Å². The van der Waals surface area contributed by atoms with Crippen LogP contribution in [0.3, 0.4) is 0 Å². The second-order valence-electron chi connectivity index (χ2n) is 2.31. The molecule has 0 saturated heterocycles. The van der Waals surface area contributed by atoms with E-state index in [1.807, 2.05) is 0 Å². The minimum atomic E-state index is -0.664. The highest BCUT2D eigenvalue weighted by molar-refractivity contribution is 5.81. The number of hydrogen-bond donors (Lipinski definition) is 1. The van der Waals surface area contributed by atoms with Gasteiger partial charge in [0.1, 0.15) is 13.2 Å². The molecule has 14 heavy (non-hydrogen) atoms. The summed E-state index contributed by atoms with van der Waals surface area (Å²) in [5.41, 5.74) is 0. The Balaban J connectivity index is 3.66. The first-order valence-electron chi connectivity index (χ1n) is 3.94. The Morgan fingerprint density at radius 2 is 2.21 bits per heavy atom. The molecule has 0 fully saturated rings. The van der Waals surface area contributed by atoms with Gasteiger partial charge in [-0.1, -0.05) is 12.7 Å². The fourth-order valence-electron chi connectivity index (χ4n) is 0.547. The largest absolute Gasteiger partial charge is 0.445 e. The van der Waals surface area contributed by atoms with E-state index < -0.39 is 6.09 Å². The van der Waals surface area contributed by atoms with Crippen LogP contribution in [-0.2, 0) is 14.4 Å². The number of amides is 2. The van der Waals surface area contributed by atoms with Gasteiger partial charge in [0.15, 0.2) is 0 Å². The Hall–Kier alpha value is -1.56. The van der Waals surface area contributed by atoms with Crippen LogP contribution in [0.5, 0.6) is 0 Å². The SMILES string of the molecule is C=CCOC(=O)NCC(=O)N(C)OC. The van der Waals surface area contributed by atoms with Gasteiger partial charge in [0.2, 0.25) is 0 Å². The molecule has 1 N–H and O–H groups in total. The van der Waals surface area contributed by atoms with Gasteiger partial charge in [-0.2, -0.15) is 0 Å². The van der Waals surface area contributed by atoms with Crippen molar-refractivity contribution in [2.24, 2.45) is 0 Å². The molecule has 0 aromatic carbocycles. The van der Waals surface area contributed by atoms with E-state index in [2.05, 4.69) is 21.5 Å². The number of ether oxygens (including phenoxy) is 1. The number of alkyl carbamates (subject to hydrolysis) is 1. The van der Waals surface area contributed by atoms with Crippen LogP contribution in [0.1, 0.15) is 0 Å². The van der Waals surface area contributed by atoms with Gasteiger partial charge in [-0.3, -0.25) is 9.63 Å². The molecule has 0 unspecified atom stereocenters. The fraction of sp³-hybridized carbons (Fsp3) is 0.500. The monoisotopic (exact) mass is 202 g/mol. The normalized spacial score (nSPS) is 9.00. The Labute approximate surface area is 82.4 Å². The molecule has 0 aromatic heterocycles. The average molecular weight is 202 g/mol. The van der Waals surface area contributed by atoms with Gasteiger partial charge >= 0.3 is 6.09 Å². The lowest BCUT2D eigenvalue weighted by Gasteiger charge is -2.13. The van der Waals surface area contributed by atoms with E-state index >= 15 is 0 Å². The topological polar surface area (TPSA) is 67.9 Å². The van der Waals surface area contributed by atoms with Gasteiger partial charge in [0, 0.05) is 7.05 Å². The first kappa shape index (κ1) is 12.4. The van der Waals surface area contributed by atoms with Gasteiger partial charge in [-0.05, 0) is 0 Å². The number of nitrogens with zero attached hydrogens (tertiary/aromatic N) is 1. The number of rotatable bonds is 5. The van der Waals surface area contributed by atoms with Gasteiger partial charge in [0.05, 0.1) is 7.11 Å². The molecule has 0 saturated carbocycles. The van der Waals surface area contributed by atoms with Crippen LogP contribution in [-0.4, -0.2) is 44.4 Å². The van der Waals surface area contributed by atoms with Crippen LogP contribution in [0.2, 0.25) is 0 Å². The van der Waals surface area contributed by atoms with E-state index in [1.165, 1.54) is 20.2 Å². The van der Waals surface area contributed by atoms with E-state index in [0.29, 0.717) is 0 Å². The molecule has 80 valence electrons. The number of hydroxylamine groups is 2. The van der Waals surface area contributed by atoms with Gasteiger partial charge < -0.3 is 10.1 Å². The van der Waals surface area contributed by atoms with Crippen LogP contribution >= 0.6 is 0 Å². The molecule has 0 heterocycles. The molecule has 0 aliphatic carbocycles. The summed E-state index contributed by atoms with van der Waals surface area (Å²) in [5.74, 6) is -0.372. The standard InChI is InChI=1S/C8H14N2O4/c1-4-5-14-8(12)9-6-7(11)10(2)13-3/h4H,1,5-6H2,2-3H3,(H,9,12). The summed E-state index contributed by atoms with van der Waals surface area (Å²) < 4.78 is 4.58. The first-order chi connectivity index (χ1) is 6.61. The highest BCUT2D eigenvalue weighted by Crippen LogP contribution is 1.83. The lowest BCUT2D eigenvalue weighted by molar-refractivity contribution is -0.167. The molecule has 6 nitrogen and oxygen atoms in total. The Morgan fingerprint density at radius 1 is 1.57 bits per heavy atom. The highest BCUT2D eigenvalue weighted by atomic mass is 16.7. The molecule has 0 aliphatic heterocycles. The predicted molar refractivity (Wildman–Crippen MR) is 49.3 cm³/mol. The van der Waals surface area contributed by atoms with E-state index in [4.69, 9.17) is 0 Å². The third-order valence-electron chi connectivity index (χ3n) is 1.34. The van der Waals surface area contributed by atoms with Gasteiger partial charge in [-0.15, -0.1) is 0 Å². The fourth-order valence-corrected chi connectivity index (χ4v) is 0.547. The molecule has 0 radical (unpaired) electrons.